The van der Waals surface area contributed by atoms with Crippen molar-refractivity contribution in [1.29, 1.82) is 0 Å². The molecule has 0 nitrogen and oxygen atoms in total. The van der Waals surface area contributed by atoms with Gasteiger partial charge >= 0.3 is 40.4 Å². The molecule has 2 heteroatoms. The van der Waals surface area contributed by atoms with Crippen LogP contribution in [0.2, 0.25) is 0 Å². The Labute approximate surface area is 176 Å². The van der Waals surface area contributed by atoms with E-state index in [0.717, 1.165) is 0 Å². The van der Waals surface area contributed by atoms with Crippen molar-refractivity contribution in [3.8, 4) is 0 Å². The van der Waals surface area contributed by atoms with Crippen LogP contribution in [-0.2, 0) is 0 Å². The van der Waals surface area contributed by atoms with Crippen LogP contribution in [-0.4, -0.2) is 0 Å². The Morgan fingerprint density at radius 2 is 0.591 bits per heavy atom. The van der Waals surface area contributed by atoms with Crippen LogP contribution in [0, 0.1) is 110 Å². The zero-order valence-electron chi connectivity index (χ0n) is 15.8. The normalized spacial score (nSPS) is 9.55. The molecule has 123 valence electrons. The predicted molar refractivity (Wildman–Crippen MR) is 91.4 cm³/mol. The first-order chi connectivity index (χ1) is 9.11. The molecule has 0 aliphatic rings. The van der Waals surface area contributed by atoms with Gasteiger partial charge < -0.3 is 12.4 Å². The molecule has 0 saturated carbocycles. The van der Waals surface area contributed by atoms with Crippen molar-refractivity contribution < 1.29 is 52.8 Å². The van der Waals surface area contributed by atoms with Crippen LogP contribution in [0.3, 0.4) is 0 Å². The van der Waals surface area contributed by atoms with Gasteiger partial charge in [-0.25, -0.2) is 0 Å². The van der Waals surface area contributed by atoms with Gasteiger partial charge in [0.15, 0.2) is 0 Å². The van der Waals surface area contributed by atoms with E-state index in [2.05, 4.69) is 69.2 Å². The second-order valence-electron chi connectivity index (χ2n) is 6.25. The molecule has 0 fully saturated rings. The van der Waals surface area contributed by atoms with Gasteiger partial charge in [0.2, 0.25) is 0 Å². The molecule has 2 aromatic carbocycles. The number of rotatable bonds is 0. The maximum atomic E-state index is 2.20. The minimum Gasteiger partial charge on any atom is -1.00 e. The quantitative estimate of drug-likeness (QED) is 0.536. The van der Waals surface area contributed by atoms with E-state index in [1.54, 1.807) is 0 Å². The Balaban J connectivity index is 0. The first-order valence-corrected chi connectivity index (χ1v) is 7.50. The predicted octanol–water partition coefficient (Wildman–Crippen LogP) is 2.90. The molecule has 0 aliphatic carbocycles. The summed E-state index contributed by atoms with van der Waals surface area (Å²) in [6, 6.07) is 0. The van der Waals surface area contributed by atoms with Gasteiger partial charge in [-0.3, -0.25) is 0 Å². The van der Waals surface area contributed by atoms with Crippen molar-refractivity contribution in [1.82, 2.24) is 0 Å². The van der Waals surface area contributed by atoms with Gasteiger partial charge in [0.1, 0.15) is 0 Å². The first-order valence-electron chi connectivity index (χ1n) is 7.50. The zero-order chi connectivity index (χ0) is 15.8. The third kappa shape index (κ3) is 4.67. The average Bonchev–Trinajstić information content (AvgIpc) is 2.71. The Morgan fingerprint density at radius 3 is 0.636 bits per heavy atom. The third-order valence-corrected chi connectivity index (χ3v) is 5.62. The van der Waals surface area contributed by atoms with Crippen molar-refractivity contribution in [2.75, 3.05) is 0 Å². The second-order valence-corrected chi connectivity index (χ2v) is 6.25. The second kappa shape index (κ2) is 9.58. The fraction of sp³-hybridized carbons (Fsp3) is 0.500. The summed E-state index contributed by atoms with van der Waals surface area (Å²) in [5, 5.41) is 0. The van der Waals surface area contributed by atoms with E-state index in [9.17, 15) is 0 Å². The molecule has 0 aromatic heterocycles. The van der Waals surface area contributed by atoms with Crippen molar-refractivity contribution >= 4 is 0 Å². The topological polar surface area (TPSA) is 0 Å². The molecular weight excluding hydrogens is 426 g/mol. The van der Waals surface area contributed by atoms with Gasteiger partial charge in [-0.15, -0.1) is 0 Å². The molecule has 0 aliphatic heterocycles. The minimum absolute atomic E-state index is 0. The molecule has 2 aromatic rings. The van der Waals surface area contributed by atoms with E-state index in [1.165, 1.54) is 55.6 Å². The molecule has 0 spiro atoms. The Bertz CT molecular complexity index is 410. The maximum absolute atomic E-state index is 2.20. The molecule has 0 atom stereocenters. The van der Waals surface area contributed by atoms with Crippen LogP contribution in [0.15, 0.2) is 0 Å². The molecule has 2 rings (SSSR count). The van der Waals surface area contributed by atoms with E-state index in [1.807, 2.05) is 0 Å². The molecule has 1 radical (unpaired) electrons. The van der Waals surface area contributed by atoms with Gasteiger partial charge in [0.25, 0.3) is 0 Å². The van der Waals surface area contributed by atoms with E-state index in [4.69, 9.17) is 0 Å². The van der Waals surface area contributed by atoms with Crippen molar-refractivity contribution in [2.24, 2.45) is 0 Å². The molecule has 0 saturated heterocycles. The minimum atomic E-state index is 0. The average molecular weight is 456 g/mol. The smallest absolute Gasteiger partial charge is 1.00 e. The van der Waals surface area contributed by atoms with E-state index in [-0.39, 0.29) is 52.8 Å². The third-order valence-electron chi connectivity index (χ3n) is 5.62. The molecule has 22 heavy (non-hydrogen) atoms. The fourth-order valence-electron chi connectivity index (χ4n) is 2.81. The standard InChI is InChI=1S/2C10H15.ClH.Sm/c2*1-6-7(2)9(4)10(5)8(6)3;;/h2*1-5H3;1H;/q2*-1;;+3/p-1. The van der Waals surface area contributed by atoms with Crippen LogP contribution >= 0.6 is 0 Å². The largest absolute Gasteiger partial charge is 3.00 e. The van der Waals surface area contributed by atoms with Gasteiger partial charge in [0, 0.05) is 0 Å². The molecule has 0 unspecified atom stereocenters. The SMILES string of the molecule is Cc1c(C)c(C)[c-](C)c1C.Cc1c(C)c(C)[c-](C)c1C.[Cl-].[Sm+3]. The molecule has 0 amide bonds. The summed E-state index contributed by atoms with van der Waals surface area (Å²) in [5.74, 6) is 0. The summed E-state index contributed by atoms with van der Waals surface area (Å²) in [6.45, 7) is 22.0. The maximum Gasteiger partial charge on any atom is 3.00 e. The van der Waals surface area contributed by atoms with Gasteiger partial charge in [-0.2, -0.15) is 55.6 Å². The summed E-state index contributed by atoms with van der Waals surface area (Å²) in [7, 11) is 0. The first kappa shape index (κ1) is 24.6. The molecule has 0 N–H and O–H groups in total. The van der Waals surface area contributed by atoms with Crippen LogP contribution in [0.5, 0.6) is 0 Å². The monoisotopic (exact) mass is 457 g/mol. The molecular formula is C20H30ClSm. The summed E-state index contributed by atoms with van der Waals surface area (Å²) >= 11 is 0. The van der Waals surface area contributed by atoms with Crippen molar-refractivity contribution in [3.63, 3.8) is 0 Å². The van der Waals surface area contributed by atoms with Crippen LogP contribution in [0.1, 0.15) is 55.6 Å². The van der Waals surface area contributed by atoms with E-state index in [0.29, 0.717) is 0 Å². The summed E-state index contributed by atoms with van der Waals surface area (Å²) in [4.78, 5) is 0. The number of hydrogen-bond donors (Lipinski definition) is 0. The van der Waals surface area contributed by atoms with Crippen molar-refractivity contribution in [2.45, 2.75) is 69.2 Å². The van der Waals surface area contributed by atoms with Gasteiger partial charge in [-0.1, -0.05) is 69.2 Å². The van der Waals surface area contributed by atoms with E-state index >= 15 is 0 Å². The Morgan fingerprint density at radius 1 is 0.455 bits per heavy atom. The number of hydrogen-bond acceptors (Lipinski definition) is 0. The van der Waals surface area contributed by atoms with Crippen LogP contribution < -0.4 is 12.4 Å². The van der Waals surface area contributed by atoms with Crippen molar-refractivity contribution in [3.05, 3.63) is 55.6 Å². The molecule has 0 bridgehead atoms. The summed E-state index contributed by atoms with van der Waals surface area (Å²) < 4.78 is 0. The van der Waals surface area contributed by atoms with Crippen LogP contribution in [0.25, 0.3) is 0 Å². The van der Waals surface area contributed by atoms with Crippen LogP contribution in [0.4, 0.5) is 0 Å². The zero-order valence-corrected chi connectivity index (χ0v) is 19.2. The molecule has 0 heterocycles. The van der Waals surface area contributed by atoms with Gasteiger partial charge in [0.05, 0.1) is 0 Å². The summed E-state index contributed by atoms with van der Waals surface area (Å²) in [6.07, 6.45) is 0. The van der Waals surface area contributed by atoms with Gasteiger partial charge in [-0.05, 0) is 0 Å². The van der Waals surface area contributed by atoms with E-state index < -0.39 is 0 Å². The summed E-state index contributed by atoms with van der Waals surface area (Å²) in [5.41, 5.74) is 14.7. The Hall–Kier alpha value is 0.328. The Kier molecular flexibility index (Phi) is 10.7. The number of halogens is 1. The fourth-order valence-corrected chi connectivity index (χ4v) is 2.81.